The minimum Gasteiger partial charge on any atom is -0.492 e. The number of likely N-dealkylation sites (N-methyl/N-ethyl adjacent to an activating group) is 1. The van der Waals surface area contributed by atoms with Crippen molar-refractivity contribution in [2.75, 3.05) is 38.2 Å². The van der Waals surface area contributed by atoms with Gasteiger partial charge in [-0.1, -0.05) is 12.1 Å². The quantitative estimate of drug-likeness (QED) is 0.596. The molecule has 158 valence electrons. The maximum atomic E-state index is 11.4. The number of rotatable bonds is 8. The maximum Gasteiger partial charge on any atom is 0.229 e. The Morgan fingerprint density at radius 1 is 1.17 bits per heavy atom. The number of benzene rings is 2. The summed E-state index contributed by atoms with van der Waals surface area (Å²) in [6, 6.07) is 15.2. The SMILES string of the molecule is CCn1c(-c2ccc(NS(C)(=O)=O)cc2)c(C#N)c2ccc(OCCN(C)C)cc21. The van der Waals surface area contributed by atoms with Crippen molar-refractivity contribution in [1.29, 1.82) is 5.26 Å². The average Bonchev–Trinajstić information content (AvgIpc) is 2.99. The predicted octanol–water partition coefficient (Wildman–Crippen LogP) is 3.51. The summed E-state index contributed by atoms with van der Waals surface area (Å²) in [5, 5.41) is 10.7. The molecule has 0 aliphatic carbocycles. The Hall–Kier alpha value is -3.02. The van der Waals surface area contributed by atoms with Crippen LogP contribution in [0.25, 0.3) is 22.2 Å². The van der Waals surface area contributed by atoms with E-state index in [1.807, 2.05) is 51.4 Å². The molecule has 2 aromatic carbocycles. The van der Waals surface area contributed by atoms with E-state index in [-0.39, 0.29) is 0 Å². The first-order chi connectivity index (χ1) is 14.2. The molecule has 0 bridgehead atoms. The molecule has 0 saturated carbocycles. The summed E-state index contributed by atoms with van der Waals surface area (Å²) < 4.78 is 33.3. The molecule has 3 rings (SSSR count). The van der Waals surface area contributed by atoms with Crippen LogP contribution in [0.1, 0.15) is 12.5 Å². The number of aromatic nitrogens is 1. The summed E-state index contributed by atoms with van der Waals surface area (Å²) in [6.45, 7) is 4.11. The van der Waals surface area contributed by atoms with Gasteiger partial charge in [0.25, 0.3) is 0 Å². The molecule has 0 spiro atoms. The molecule has 0 fully saturated rings. The fraction of sp³-hybridized carbons (Fsp3) is 0.318. The third-order valence-corrected chi connectivity index (χ3v) is 5.34. The standard InChI is InChI=1S/C22H26N4O3S/c1-5-26-21-14-18(29-13-12-25(2)3)10-11-19(21)20(15-23)22(26)16-6-8-17(9-7-16)24-30(4,27)28/h6-11,14,24H,5,12-13H2,1-4H3. The van der Waals surface area contributed by atoms with Gasteiger partial charge in [-0.2, -0.15) is 5.26 Å². The largest absolute Gasteiger partial charge is 0.492 e. The molecule has 0 unspecified atom stereocenters. The molecule has 0 aliphatic rings. The molecule has 1 N–H and O–H groups in total. The summed E-state index contributed by atoms with van der Waals surface area (Å²) in [7, 11) is 0.651. The molecule has 0 amide bonds. The van der Waals surface area contributed by atoms with Gasteiger partial charge >= 0.3 is 0 Å². The van der Waals surface area contributed by atoms with Crippen molar-refractivity contribution >= 4 is 26.6 Å². The molecule has 7 nitrogen and oxygen atoms in total. The van der Waals surface area contributed by atoms with Gasteiger partial charge in [-0.15, -0.1) is 0 Å². The average molecular weight is 427 g/mol. The third kappa shape index (κ3) is 4.75. The van der Waals surface area contributed by atoms with E-state index < -0.39 is 10.0 Å². The zero-order valence-corrected chi connectivity index (χ0v) is 18.5. The first-order valence-electron chi connectivity index (χ1n) is 9.65. The summed E-state index contributed by atoms with van der Waals surface area (Å²) in [4.78, 5) is 2.06. The highest BCUT2D eigenvalue weighted by molar-refractivity contribution is 7.92. The molecular formula is C22H26N4O3S. The van der Waals surface area contributed by atoms with E-state index in [0.29, 0.717) is 24.4 Å². The lowest BCUT2D eigenvalue weighted by Gasteiger charge is -2.12. The monoisotopic (exact) mass is 426 g/mol. The first-order valence-corrected chi connectivity index (χ1v) is 11.5. The first kappa shape index (κ1) is 21.7. The normalized spacial score (nSPS) is 11.6. The second-order valence-electron chi connectivity index (χ2n) is 7.36. The summed E-state index contributed by atoms with van der Waals surface area (Å²) in [6.07, 6.45) is 1.11. The molecule has 30 heavy (non-hydrogen) atoms. The number of anilines is 1. The Morgan fingerprint density at radius 3 is 2.43 bits per heavy atom. The number of fused-ring (bicyclic) bond motifs is 1. The minimum atomic E-state index is -3.34. The highest BCUT2D eigenvalue weighted by Gasteiger charge is 2.18. The van der Waals surface area contributed by atoms with Crippen LogP contribution in [0.5, 0.6) is 5.75 Å². The van der Waals surface area contributed by atoms with Crippen LogP contribution in [0.3, 0.4) is 0 Å². The van der Waals surface area contributed by atoms with Gasteiger partial charge in [0.1, 0.15) is 18.4 Å². The van der Waals surface area contributed by atoms with Crippen LogP contribution in [0.15, 0.2) is 42.5 Å². The van der Waals surface area contributed by atoms with Crippen LogP contribution >= 0.6 is 0 Å². The van der Waals surface area contributed by atoms with Crippen molar-refractivity contribution < 1.29 is 13.2 Å². The van der Waals surface area contributed by atoms with E-state index in [1.54, 1.807) is 12.1 Å². The topological polar surface area (TPSA) is 87.4 Å². The van der Waals surface area contributed by atoms with E-state index in [2.05, 4.69) is 20.3 Å². The molecule has 0 aliphatic heterocycles. The van der Waals surface area contributed by atoms with Gasteiger partial charge in [0.15, 0.2) is 0 Å². The molecule has 8 heteroatoms. The Balaban J connectivity index is 2.04. The van der Waals surface area contributed by atoms with Gasteiger partial charge in [0.2, 0.25) is 10.0 Å². The highest BCUT2D eigenvalue weighted by Crippen LogP contribution is 2.35. The van der Waals surface area contributed by atoms with E-state index in [0.717, 1.165) is 40.7 Å². The fourth-order valence-corrected chi connectivity index (χ4v) is 3.98. The molecule has 0 atom stereocenters. The van der Waals surface area contributed by atoms with Crippen LogP contribution in [-0.2, 0) is 16.6 Å². The van der Waals surface area contributed by atoms with E-state index >= 15 is 0 Å². The van der Waals surface area contributed by atoms with Crippen LogP contribution < -0.4 is 9.46 Å². The van der Waals surface area contributed by atoms with Crippen molar-refractivity contribution in [1.82, 2.24) is 9.47 Å². The van der Waals surface area contributed by atoms with Crippen LogP contribution in [0.2, 0.25) is 0 Å². The van der Waals surface area contributed by atoms with E-state index in [1.165, 1.54) is 0 Å². The van der Waals surface area contributed by atoms with Crippen molar-refractivity contribution in [2.24, 2.45) is 0 Å². The molecule has 1 heterocycles. The number of ether oxygens (including phenoxy) is 1. The maximum absolute atomic E-state index is 11.4. The van der Waals surface area contributed by atoms with Crippen LogP contribution in [-0.4, -0.2) is 51.4 Å². The Bertz CT molecular complexity index is 1190. The molecule has 3 aromatic rings. The molecule has 0 saturated heterocycles. The zero-order valence-electron chi connectivity index (χ0n) is 17.6. The number of nitrogens with zero attached hydrogens (tertiary/aromatic N) is 3. The molecule has 1 aromatic heterocycles. The van der Waals surface area contributed by atoms with Crippen molar-refractivity contribution in [3.05, 3.63) is 48.0 Å². The predicted molar refractivity (Wildman–Crippen MR) is 120 cm³/mol. The number of hydrogen-bond donors (Lipinski definition) is 1. The van der Waals surface area contributed by atoms with Gasteiger partial charge in [-0.25, -0.2) is 8.42 Å². The van der Waals surface area contributed by atoms with Crippen LogP contribution in [0, 0.1) is 11.3 Å². The van der Waals surface area contributed by atoms with Gasteiger partial charge in [-0.05, 0) is 50.8 Å². The second kappa shape index (κ2) is 8.78. The summed E-state index contributed by atoms with van der Waals surface area (Å²) >= 11 is 0. The lowest BCUT2D eigenvalue weighted by molar-refractivity contribution is 0.261. The zero-order chi connectivity index (χ0) is 21.9. The Labute approximate surface area is 177 Å². The second-order valence-corrected chi connectivity index (χ2v) is 9.11. The smallest absolute Gasteiger partial charge is 0.229 e. The molecule has 0 radical (unpaired) electrons. The van der Waals surface area contributed by atoms with Gasteiger partial charge in [-0.3, -0.25) is 4.72 Å². The van der Waals surface area contributed by atoms with Gasteiger partial charge in [0, 0.05) is 30.2 Å². The van der Waals surface area contributed by atoms with Crippen molar-refractivity contribution in [2.45, 2.75) is 13.5 Å². The van der Waals surface area contributed by atoms with Gasteiger partial charge < -0.3 is 14.2 Å². The Morgan fingerprint density at radius 2 is 1.87 bits per heavy atom. The number of sulfonamides is 1. The number of aryl methyl sites for hydroxylation is 1. The lowest BCUT2D eigenvalue weighted by atomic mass is 10.1. The van der Waals surface area contributed by atoms with E-state index in [4.69, 9.17) is 4.74 Å². The summed E-state index contributed by atoms with van der Waals surface area (Å²) in [5.74, 6) is 0.764. The van der Waals surface area contributed by atoms with Crippen molar-refractivity contribution in [3.63, 3.8) is 0 Å². The lowest BCUT2D eigenvalue weighted by Crippen LogP contribution is -2.19. The third-order valence-electron chi connectivity index (χ3n) is 4.73. The fourth-order valence-electron chi connectivity index (χ4n) is 3.42. The summed E-state index contributed by atoms with van der Waals surface area (Å²) in [5.41, 5.74) is 3.67. The number of hydrogen-bond acceptors (Lipinski definition) is 5. The number of nitrogens with one attached hydrogen (secondary N) is 1. The number of nitriles is 1. The molecular weight excluding hydrogens is 400 g/mol. The Kier molecular flexibility index (Phi) is 6.34. The van der Waals surface area contributed by atoms with E-state index in [9.17, 15) is 13.7 Å². The van der Waals surface area contributed by atoms with Crippen LogP contribution in [0.4, 0.5) is 5.69 Å². The highest BCUT2D eigenvalue weighted by atomic mass is 32.2. The van der Waals surface area contributed by atoms with Crippen molar-refractivity contribution in [3.8, 4) is 23.1 Å². The minimum absolute atomic E-state index is 0.482. The van der Waals surface area contributed by atoms with Gasteiger partial charge in [0.05, 0.1) is 23.0 Å².